The van der Waals surface area contributed by atoms with Crippen LogP contribution in [-0.4, -0.2) is 46.3 Å². The molecule has 2 heterocycles. The topological polar surface area (TPSA) is 119 Å². The Morgan fingerprint density at radius 3 is 3.19 bits per heavy atom. The highest BCUT2D eigenvalue weighted by Crippen LogP contribution is 2.13. The van der Waals surface area contributed by atoms with Gasteiger partial charge in [-0.2, -0.15) is 5.10 Å². The molecule has 0 aliphatic carbocycles. The number of aryl methyl sites for hydroxylation is 1. The number of hydrogen-bond donors (Lipinski definition) is 3. The van der Waals surface area contributed by atoms with Crippen molar-refractivity contribution in [2.45, 2.75) is 32.0 Å². The number of aromatic nitrogens is 3. The minimum Gasteiger partial charge on any atom is -0.484 e. The van der Waals surface area contributed by atoms with Crippen LogP contribution in [0.4, 0.5) is 0 Å². The molecule has 2 aromatic rings. The van der Waals surface area contributed by atoms with Gasteiger partial charge in [-0.05, 0) is 24.1 Å². The van der Waals surface area contributed by atoms with Gasteiger partial charge in [-0.15, -0.1) is 0 Å². The average molecular weight is 357 g/mol. The third-order valence-corrected chi connectivity index (χ3v) is 4.11. The maximum atomic E-state index is 10.8. The molecule has 0 spiro atoms. The van der Waals surface area contributed by atoms with Crippen LogP contribution in [0.5, 0.6) is 5.75 Å². The fraction of sp³-hybridized carbons (Fsp3) is 0.412. The first kappa shape index (κ1) is 17.7. The highest BCUT2D eigenvalue weighted by atomic mass is 16.5. The van der Waals surface area contributed by atoms with Gasteiger partial charge < -0.3 is 21.1 Å². The maximum Gasteiger partial charge on any atom is 0.255 e. The van der Waals surface area contributed by atoms with Gasteiger partial charge in [-0.1, -0.05) is 12.1 Å². The molecule has 9 nitrogen and oxygen atoms in total. The monoisotopic (exact) mass is 357 g/mol. The zero-order valence-corrected chi connectivity index (χ0v) is 14.7. The van der Waals surface area contributed by atoms with E-state index in [1.54, 1.807) is 19.4 Å². The predicted molar refractivity (Wildman–Crippen MR) is 96.6 cm³/mol. The predicted octanol–water partition coefficient (Wildman–Crippen LogP) is -0.178. The zero-order chi connectivity index (χ0) is 18.4. The first-order valence-corrected chi connectivity index (χ1v) is 8.48. The summed E-state index contributed by atoms with van der Waals surface area (Å²) in [6.45, 7) is 1.22. The molecule has 1 aromatic heterocycles. The number of carbonyl (C=O) groups excluding carboxylic acids is 1. The van der Waals surface area contributed by atoms with Crippen molar-refractivity contribution in [1.29, 1.82) is 0 Å². The SMILES string of the molecule is CN=C(NCc1cccc(OCC(N)=O)c1)NC1CCc2ncnn2C1. The molecule has 138 valence electrons. The Hall–Kier alpha value is -3.10. The van der Waals surface area contributed by atoms with E-state index in [0.717, 1.165) is 36.7 Å². The second-order valence-electron chi connectivity index (χ2n) is 6.07. The van der Waals surface area contributed by atoms with Crippen LogP contribution < -0.4 is 21.1 Å². The van der Waals surface area contributed by atoms with Crippen molar-refractivity contribution in [1.82, 2.24) is 25.4 Å². The average Bonchev–Trinajstić information content (AvgIpc) is 3.11. The van der Waals surface area contributed by atoms with Crippen LogP contribution in [0.25, 0.3) is 0 Å². The molecule has 4 N–H and O–H groups in total. The highest BCUT2D eigenvalue weighted by Gasteiger charge is 2.20. The van der Waals surface area contributed by atoms with Gasteiger partial charge in [0.15, 0.2) is 12.6 Å². The molecular weight excluding hydrogens is 334 g/mol. The van der Waals surface area contributed by atoms with Gasteiger partial charge in [0.1, 0.15) is 17.9 Å². The number of ether oxygens (including phenoxy) is 1. The summed E-state index contributed by atoms with van der Waals surface area (Å²) in [5.74, 6) is 1.86. The summed E-state index contributed by atoms with van der Waals surface area (Å²) in [7, 11) is 1.74. The van der Waals surface area contributed by atoms with Crippen LogP contribution >= 0.6 is 0 Å². The summed E-state index contributed by atoms with van der Waals surface area (Å²) >= 11 is 0. The number of aliphatic imine (C=N–C) groups is 1. The summed E-state index contributed by atoms with van der Waals surface area (Å²) in [5.41, 5.74) is 6.11. The van der Waals surface area contributed by atoms with E-state index in [2.05, 4.69) is 25.7 Å². The summed E-state index contributed by atoms with van der Waals surface area (Å²) in [6, 6.07) is 7.75. The molecule has 0 radical (unpaired) electrons. The Morgan fingerprint density at radius 1 is 1.50 bits per heavy atom. The second kappa shape index (κ2) is 8.32. The van der Waals surface area contributed by atoms with Crippen molar-refractivity contribution in [2.75, 3.05) is 13.7 Å². The largest absolute Gasteiger partial charge is 0.484 e. The maximum absolute atomic E-state index is 10.8. The first-order valence-electron chi connectivity index (χ1n) is 8.48. The molecule has 1 aliphatic heterocycles. The van der Waals surface area contributed by atoms with Gasteiger partial charge >= 0.3 is 0 Å². The molecule has 1 unspecified atom stereocenters. The van der Waals surface area contributed by atoms with Crippen molar-refractivity contribution in [3.8, 4) is 5.75 Å². The van der Waals surface area contributed by atoms with Crippen molar-refractivity contribution < 1.29 is 9.53 Å². The summed E-state index contributed by atoms with van der Waals surface area (Å²) < 4.78 is 7.25. The number of carbonyl (C=O) groups is 1. The zero-order valence-electron chi connectivity index (χ0n) is 14.7. The third kappa shape index (κ3) is 4.71. The minimum absolute atomic E-state index is 0.133. The minimum atomic E-state index is -0.499. The first-order chi connectivity index (χ1) is 12.6. The van der Waals surface area contributed by atoms with Crippen LogP contribution in [0, 0.1) is 0 Å². The van der Waals surface area contributed by atoms with Gasteiger partial charge in [0, 0.05) is 26.1 Å². The summed E-state index contributed by atoms with van der Waals surface area (Å²) in [6.07, 6.45) is 3.47. The standard InChI is InChI=1S/C17H23N7O2/c1-19-17(23-13-5-6-16-21-11-22-24(16)9-13)20-8-12-3-2-4-14(7-12)26-10-15(18)25/h2-4,7,11,13H,5-6,8-10H2,1H3,(H2,18,25)(H2,19,20,23). The fourth-order valence-corrected chi connectivity index (χ4v) is 2.83. The Morgan fingerprint density at radius 2 is 2.38 bits per heavy atom. The number of nitrogens with two attached hydrogens (primary N) is 1. The van der Waals surface area contributed by atoms with Gasteiger partial charge in [-0.3, -0.25) is 9.79 Å². The van der Waals surface area contributed by atoms with Crippen LogP contribution in [0.15, 0.2) is 35.6 Å². The summed E-state index contributed by atoms with van der Waals surface area (Å²) in [4.78, 5) is 19.3. The Kier molecular flexibility index (Phi) is 5.67. The Bertz CT molecular complexity index is 787. The van der Waals surface area contributed by atoms with E-state index in [1.165, 1.54) is 0 Å². The van der Waals surface area contributed by atoms with Crippen molar-refractivity contribution in [3.63, 3.8) is 0 Å². The molecule has 0 saturated carbocycles. The Labute approximate surface area is 151 Å². The number of hydrogen-bond acceptors (Lipinski definition) is 5. The van der Waals surface area contributed by atoms with Crippen molar-refractivity contribution in [2.24, 2.45) is 10.7 Å². The van der Waals surface area contributed by atoms with Crippen LogP contribution in [0.3, 0.4) is 0 Å². The number of amides is 1. The number of benzene rings is 1. The van der Waals surface area contributed by atoms with E-state index in [1.807, 2.05) is 22.9 Å². The quantitative estimate of drug-likeness (QED) is 0.487. The molecule has 0 saturated heterocycles. The van der Waals surface area contributed by atoms with E-state index in [0.29, 0.717) is 12.3 Å². The number of nitrogens with one attached hydrogen (secondary N) is 2. The van der Waals surface area contributed by atoms with Gasteiger partial charge in [-0.25, -0.2) is 9.67 Å². The number of guanidine groups is 1. The van der Waals surface area contributed by atoms with Gasteiger partial charge in [0.05, 0.1) is 6.54 Å². The lowest BCUT2D eigenvalue weighted by Gasteiger charge is -2.25. The molecule has 1 aliphatic rings. The van der Waals surface area contributed by atoms with E-state index in [-0.39, 0.29) is 12.6 Å². The van der Waals surface area contributed by atoms with E-state index in [9.17, 15) is 4.79 Å². The highest BCUT2D eigenvalue weighted by molar-refractivity contribution is 5.80. The Balaban J connectivity index is 1.51. The van der Waals surface area contributed by atoms with Crippen molar-refractivity contribution >= 4 is 11.9 Å². The number of rotatable bonds is 6. The molecule has 3 rings (SSSR count). The molecule has 26 heavy (non-hydrogen) atoms. The van der Waals surface area contributed by atoms with E-state index in [4.69, 9.17) is 10.5 Å². The molecule has 1 amide bonds. The fourth-order valence-electron chi connectivity index (χ4n) is 2.83. The molecule has 1 atom stereocenters. The smallest absolute Gasteiger partial charge is 0.255 e. The number of fused-ring (bicyclic) bond motifs is 1. The molecule has 0 bridgehead atoms. The molecule has 0 fully saturated rings. The normalized spacial score (nSPS) is 16.7. The van der Waals surface area contributed by atoms with Crippen LogP contribution in [-0.2, 0) is 24.3 Å². The number of nitrogens with zero attached hydrogens (tertiary/aromatic N) is 4. The van der Waals surface area contributed by atoms with Crippen molar-refractivity contribution in [3.05, 3.63) is 42.0 Å². The van der Waals surface area contributed by atoms with Crippen LogP contribution in [0.1, 0.15) is 17.8 Å². The van der Waals surface area contributed by atoms with Gasteiger partial charge in [0.2, 0.25) is 0 Å². The lowest BCUT2D eigenvalue weighted by atomic mass is 10.1. The lowest BCUT2D eigenvalue weighted by Crippen LogP contribution is -2.46. The number of primary amides is 1. The summed E-state index contributed by atoms with van der Waals surface area (Å²) in [5, 5.41) is 10.9. The van der Waals surface area contributed by atoms with Gasteiger partial charge in [0.25, 0.3) is 5.91 Å². The molecular formula is C17H23N7O2. The second-order valence-corrected chi connectivity index (χ2v) is 6.07. The van der Waals surface area contributed by atoms with E-state index < -0.39 is 5.91 Å². The van der Waals surface area contributed by atoms with E-state index >= 15 is 0 Å². The molecule has 9 heteroatoms. The third-order valence-electron chi connectivity index (χ3n) is 4.11. The van der Waals surface area contributed by atoms with Crippen LogP contribution in [0.2, 0.25) is 0 Å². The lowest BCUT2D eigenvalue weighted by molar-refractivity contribution is -0.119. The molecule has 1 aromatic carbocycles.